The van der Waals surface area contributed by atoms with Crippen molar-refractivity contribution in [3.63, 3.8) is 0 Å². The second kappa shape index (κ2) is 9.69. The topological polar surface area (TPSA) is 72.9 Å². The van der Waals surface area contributed by atoms with Crippen molar-refractivity contribution < 1.29 is 23.9 Å². The molecule has 0 spiro atoms. The van der Waals surface area contributed by atoms with Gasteiger partial charge in [0.25, 0.3) is 5.91 Å². The highest BCUT2D eigenvalue weighted by molar-refractivity contribution is 5.96. The van der Waals surface area contributed by atoms with E-state index in [4.69, 9.17) is 9.47 Å². The number of cyclic esters (lactones) is 1. The number of carbonyl (C=O) groups is 3. The lowest BCUT2D eigenvalue weighted by Crippen LogP contribution is -2.35. The summed E-state index contributed by atoms with van der Waals surface area (Å²) in [6.07, 6.45) is 3.23. The van der Waals surface area contributed by atoms with Crippen molar-refractivity contribution in [2.24, 2.45) is 0 Å². The summed E-state index contributed by atoms with van der Waals surface area (Å²) in [6, 6.07) is 14.1. The van der Waals surface area contributed by atoms with E-state index in [0.717, 1.165) is 5.56 Å². The van der Waals surface area contributed by atoms with Crippen LogP contribution in [0.1, 0.15) is 37.9 Å². The van der Waals surface area contributed by atoms with Crippen LogP contribution in [0.4, 0.5) is 0 Å². The number of rotatable bonds is 8. The number of esters is 2. The van der Waals surface area contributed by atoms with Gasteiger partial charge in [0.15, 0.2) is 6.61 Å². The molecule has 0 aliphatic carbocycles. The molecule has 1 aliphatic rings. The molecule has 0 saturated heterocycles. The minimum atomic E-state index is -0.626. The van der Waals surface area contributed by atoms with E-state index in [-0.39, 0.29) is 18.1 Å². The van der Waals surface area contributed by atoms with E-state index in [1.54, 1.807) is 24.3 Å². The third-order valence-electron chi connectivity index (χ3n) is 4.77. The molecule has 2 aromatic carbocycles. The number of ether oxygens (including phenoxy) is 2. The highest BCUT2D eigenvalue weighted by atomic mass is 16.5. The van der Waals surface area contributed by atoms with Gasteiger partial charge in [0, 0.05) is 19.5 Å². The smallest absolute Gasteiger partial charge is 0.339 e. The molecule has 2 aromatic rings. The van der Waals surface area contributed by atoms with Crippen LogP contribution in [0.15, 0.2) is 73.8 Å². The monoisotopic (exact) mass is 405 g/mol. The SMILES string of the molecule is C=CCN(CC=C)C(=O)COC(=O)c1ccc2c(c1)C[C@H](c1ccccc1)OC2=O. The first-order chi connectivity index (χ1) is 14.5. The van der Waals surface area contributed by atoms with Crippen molar-refractivity contribution >= 4 is 17.8 Å². The van der Waals surface area contributed by atoms with Crippen LogP contribution in [0.5, 0.6) is 0 Å². The van der Waals surface area contributed by atoms with Gasteiger partial charge >= 0.3 is 11.9 Å². The van der Waals surface area contributed by atoms with Crippen LogP contribution in [-0.2, 0) is 20.7 Å². The van der Waals surface area contributed by atoms with Crippen LogP contribution in [-0.4, -0.2) is 42.4 Å². The fourth-order valence-electron chi connectivity index (χ4n) is 3.27. The molecular formula is C24H23NO5. The predicted molar refractivity (Wildman–Crippen MR) is 112 cm³/mol. The average Bonchev–Trinajstić information content (AvgIpc) is 2.77. The van der Waals surface area contributed by atoms with Crippen molar-refractivity contribution in [3.8, 4) is 0 Å². The standard InChI is InChI=1S/C24H23NO5/c1-3-12-25(13-4-2)22(26)16-29-23(27)18-10-11-20-19(14-18)15-21(30-24(20)28)17-8-6-5-7-9-17/h3-11,14,21H,1-2,12-13,15-16H2/t21-/m1/s1. The zero-order valence-corrected chi connectivity index (χ0v) is 16.6. The van der Waals surface area contributed by atoms with Crippen molar-refractivity contribution in [3.05, 3.63) is 96.1 Å². The summed E-state index contributed by atoms with van der Waals surface area (Å²) in [4.78, 5) is 38.5. The highest BCUT2D eigenvalue weighted by Gasteiger charge is 2.28. The number of amides is 1. The maximum atomic E-state index is 12.5. The Kier molecular flexibility index (Phi) is 6.80. The molecule has 0 N–H and O–H groups in total. The van der Waals surface area contributed by atoms with Gasteiger partial charge in [0.2, 0.25) is 0 Å². The Balaban J connectivity index is 1.70. The van der Waals surface area contributed by atoms with E-state index in [9.17, 15) is 14.4 Å². The van der Waals surface area contributed by atoms with Gasteiger partial charge in [-0.2, -0.15) is 0 Å². The van der Waals surface area contributed by atoms with Crippen LogP contribution < -0.4 is 0 Å². The Bertz CT molecular complexity index is 957. The van der Waals surface area contributed by atoms with Crippen LogP contribution in [0.25, 0.3) is 0 Å². The first-order valence-corrected chi connectivity index (χ1v) is 9.59. The molecule has 0 unspecified atom stereocenters. The minimum Gasteiger partial charge on any atom is -0.454 e. The maximum Gasteiger partial charge on any atom is 0.339 e. The summed E-state index contributed by atoms with van der Waals surface area (Å²) in [5.74, 6) is -1.39. The molecule has 0 fully saturated rings. The highest BCUT2D eigenvalue weighted by Crippen LogP contribution is 2.31. The summed E-state index contributed by atoms with van der Waals surface area (Å²) in [5, 5.41) is 0. The molecule has 30 heavy (non-hydrogen) atoms. The van der Waals surface area contributed by atoms with Crippen molar-refractivity contribution in [1.82, 2.24) is 4.90 Å². The normalized spacial score (nSPS) is 14.8. The van der Waals surface area contributed by atoms with Gasteiger partial charge in [-0.1, -0.05) is 42.5 Å². The molecule has 1 atom stereocenters. The molecule has 3 rings (SSSR count). The lowest BCUT2D eigenvalue weighted by atomic mass is 9.93. The predicted octanol–water partition coefficient (Wildman–Crippen LogP) is 3.50. The Morgan fingerprint density at radius 1 is 1.10 bits per heavy atom. The molecule has 1 aliphatic heterocycles. The third-order valence-corrected chi connectivity index (χ3v) is 4.77. The summed E-state index contributed by atoms with van der Waals surface area (Å²) >= 11 is 0. The number of carbonyl (C=O) groups excluding carboxylic acids is 3. The lowest BCUT2D eigenvalue weighted by molar-refractivity contribution is -0.133. The van der Waals surface area contributed by atoms with E-state index in [2.05, 4.69) is 13.2 Å². The third kappa shape index (κ3) is 4.84. The van der Waals surface area contributed by atoms with E-state index < -0.39 is 18.0 Å². The fraction of sp³-hybridized carbons (Fsp3) is 0.208. The number of benzene rings is 2. The van der Waals surface area contributed by atoms with E-state index in [1.165, 1.54) is 11.0 Å². The molecule has 0 bridgehead atoms. The van der Waals surface area contributed by atoms with Gasteiger partial charge in [-0.15, -0.1) is 13.2 Å². The second-order valence-electron chi connectivity index (χ2n) is 6.83. The van der Waals surface area contributed by atoms with Crippen molar-refractivity contribution in [2.45, 2.75) is 12.5 Å². The molecule has 6 nitrogen and oxygen atoms in total. The summed E-state index contributed by atoms with van der Waals surface area (Å²) < 4.78 is 10.7. The Hall–Kier alpha value is -3.67. The number of fused-ring (bicyclic) bond motifs is 1. The van der Waals surface area contributed by atoms with Crippen LogP contribution in [0.3, 0.4) is 0 Å². The Labute approximate surface area is 175 Å². The quantitative estimate of drug-likeness (QED) is 0.497. The largest absolute Gasteiger partial charge is 0.454 e. The van der Waals surface area contributed by atoms with Gasteiger partial charge in [-0.3, -0.25) is 4.79 Å². The zero-order valence-electron chi connectivity index (χ0n) is 16.6. The van der Waals surface area contributed by atoms with Crippen molar-refractivity contribution in [2.75, 3.05) is 19.7 Å². The van der Waals surface area contributed by atoms with Crippen LogP contribution in [0, 0.1) is 0 Å². The molecule has 0 saturated carbocycles. The van der Waals surface area contributed by atoms with Gasteiger partial charge in [-0.05, 0) is 29.3 Å². The van der Waals surface area contributed by atoms with Crippen LogP contribution in [0.2, 0.25) is 0 Å². The lowest BCUT2D eigenvalue weighted by Gasteiger charge is -2.25. The minimum absolute atomic E-state index is 0.280. The van der Waals surface area contributed by atoms with Crippen molar-refractivity contribution in [1.29, 1.82) is 0 Å². The summed E-state index contributed by atoms with van der Waals surface area (Å²) in [5.41, 5.74) is 2.31. The van der Waals surface area contributed by atoms with Crippen LogP contribution >= 0.6 is 0 Å². The summed E-state index contributed by atoms with van der Waals surface area (Å²) in [6.45, 7) is 7.51. The molecule has 154 valence electrons. The number of hydrogen-bond acceptors (Lipinski definition) is 5. The molecule has 1 amide bonds. The first-order valence-electron chi connectivity index (χ1n) is 9.59. The molecular weight excluding hydrogens is 382 g/mol. The summed E-state index contributed by atoms with van der Waals surface area (Å²) in [7, 11) is 0. The van der Waals surface area contributed by atoms with E-state index in [1.807, 2.05) is 30.3 Å². The molecule has 0 radical (unpaired) electrons. The molecule has 0 aromatic heterocycles. The Morgan fingerprint density at radius 3 is 2.47 bits per heavy atom. The van der Waals surface area contributed by atoms with Gasteiger partial charge in [0.05, 0.1) is 11.1 Å². The number of hydrogen-bond donors (Lipinski definition) is 0. The molecule has 1 heterocycles. The van der Waals surface area contributed by atoms with E-state index in [0.29, 0.717) is 30.6 Å². The van der Waals surface area contributed by atoms with E-state index >= 15 is 0 Å². The van der Waals surface area contributed by atoms with Gasteiger partial charge in [0.1, 0.15) is 6.10 Å². The zero-order chi connectivity index (χ0) is 21.5. The van der Waals surface area contributed by atoms with Gasteiger partial charge in [-0.25, -0.2) is 9.59 Å². The maximum absolute atomic E-state index is 12.5. The fourth-order valence-corrected chi connectivity index (χ4v) is 3.27. The van der Waals surface area contributed by atoms with Gasteiger partial charge < -0.3 is 14.4 Å². The Morgan fingerprint density at radius 2 is 1.80 bits per heavy atom. The number of nitrogens with zero attached hydrogens (tertiary/aromatic N) is 1. The molecule has 6 heteroatoms. The average molecular weight is 405 g/mol. The first kappa shape index (κ1) is 21.0. The second-order valence-corrected chi connectivity index (χ2v) is 6.83.